The molecule has 1 fully saturated rings. The molecule has 1 unspecified atom stereocenters. The highest BCUT2D eigenvalue weighted by atomic mass is 19.1. The van der Waals surface area contributed by atoms with Crippen LogP contribution >= 0.6 is 0 Å². The van der Waals surface area contributed by atoms with Crippen LogP contribution in [0.5, 0.6) is 11.5 Å². The van der Waals surface area contributed by atoms with Crippen molar-refractivity contribution >= 4 is 16.9 Å². The normalized spacial score (nSPS) is 16.2. The summed E-state index contributed by atoms with van der Waals surface area (Å²) in [5, 5.41) is 3.94. The highest BCUT2D eigenvalue weighted by Crippen LogP contribution is 2.32. The summed E-state index contributed by atoms with van der Waals surface area (Å²) in [6.07, 6.45) is 5.71. The van der Waals surface area contributed by atoms with Crippen LogP contribution in [0.25, 0.3) is 11.0 Å². The molecule has 4 rings (SSSR count). The first-order chi connectivity index (χ1) is 15.4. The lowest BCUT2D eigenvalue weighted by atomic mass is 9.97. The van der Waals surface area contributed by atoms with E-state index >= 15 is 0 Å². The van der Waals surface area contributed by atoms with E-state index in [1.54, 1.807) is 24.4 Å². The standard InChI is InChI=1S/C24H30FN5O2/c1-15-14-28-23-22(15)21(5-8-27-23)32-20-4-3-16(12-19(20)25)11-17(13-26)24(31)29-18-6-9-30(2)10-7-18/h3-5,8,12,14,17-18H,6-7,9-11,13,26H2,1-2H3,(H,27,28)(H,29,31). The Kier molecular flexibility index (Phi) is 6.72. The van der Waals surface area contributed by atoms with Crippen molar-refractivity contribution < 1.29 is 13.9 Å². The molecular weight excluding hydrogens is 409 g/mol. The molecule has 1 aliphatic rings. The molecule has 1 amide bonds. The molecule has 0 bridgehead atoms. The number of hydrogen-bond donors (Lipinski definition) is 3. The van der Waals surface area contributed by atoms with E-state index in [1.807, 2.05) is 13.1 Å². The van der Waals surface area contributed by atoms with Crippen LogP contribution in [0.1, 0.15) is 24.0 Å². The van der Waals surface area contributed by atoms with Gasteiger partial charge in [-0.25, -0.2) is 9.37 Å². The minimum atomic E-state index is -0.479. The van der Waals surface area contributed by atoms with E-state index in [1.165, 1.54) is 6.07 Å². The molecule has 3 aromatic rings. The number of rotatable bonds is 7. The summed E-state index contributed by atoms with van der Waals surface area (Å²) in [6, 6.07) is 6.69. The van der Waals surface area contributed by atoms with Gasteiger partial charge >= 0.3 is 0 Å². The fourth-order valence-electron chi connectivity index (χ4n) is 4.18. The molecule has 170 valence electrons. The summed E-state index contributed by atoms with van der Waals surface area (Å²) in [5.41, 5.74) is 8.26. The molecule has 0 radical (unpaired) electrons. The molecule has 0 saturated carbocycles. The van der Waals surface area contributed by atoms with Crippen LogP contribution in [0.3, 0.4) is 0 Å². The number of nitrogens with one attached hydrogen (secondary N) is 2. The van der Waals surface area contributed by atoms with Crippen molar-refractivity contribution in [3.63, 3.8) is 0 Å². The number of benzene rings is 1. The Balaban J connectivity index is 1.43. The maximum Gasteiger partial charge on any atom is 0.224 e. The number of hydrogen-bond acceptors (Lipinski definition) is 5. The van der Waals surface area contributed by atoms with E-state index in [9.17, 15) is 9.18 Å². The molecule has 1 aliphatic heterocycles. The van der Waals surface area contributed by atoms with Gasteiger partial charge in [0.25, 0.3) is 0 Å². The predicted octanol–water partition coefficient (Wildman–Crippen LogP) is 3.13. The number of aromatic amines is 1. The number of piperidine rings is 1. The third-order valence-corrected chi connectivity index (χ3v) is 6.15. The largest absolute Gasteiger partial charge is 0.453 e. The van der Waals surface area contributed by atoms with E-state index in [-0.39, 0.29) is 24.2 Å². The van der Waals surface area contributed by atoms with Gasteiger partial charge in [-0.1, -0.05) is 6.07 Å². The molecule has 3 heterocycles. The number of aryl methyl sites for hydroxylation is 1. The molecule has 1 atom stereocenters. The molecule has 4 N–H and O–H groups in total. The van der Waals surface area contributed by atoms with Gasteiger partial charge in [0.05, 0.1) is 11.3 Å². The number of pyridine rings is 1. The molecule has 7 nitrogen and oxygen atoms in total. The Morgan fingerprint density at radius 1 is 1.34 bits per heavy atom. The Morgan fingerprint density at radius 3 is 2.84 bits per heavy atom. The Labute approximate surface area is 187 Å². The lowest BCUT2D eigenvalue weighted by Crippen LogP contribution is -2.46. The lowest BCUT2D eigenvalue weighted by Gasteiger charge is -2.30. The highest BCUT2D eigenvalue weighted by Gasteiger charge is 2.23. The van der Waals surface area contributed by atoms with Crippen molar-refractivity contribution in [3.8, 4) is 11.5 Å². The monoisotopic (exact) mass is 439 g/mol. The zero-order valence-corrected chi connectivity index (χ0v) is 18.5. The van der Waals surface area contributed by atoms with Crippen LogP contribution in [0.15, 0.2) is 36.7 Å². The molecule has 32 heavy (non-hydrogen) atoms. The second-order valence-corrected chi connectivity index (χ2v) is 8.59. The number of fused-ring (bicyclic) bond motifs is 1. The van der Waals surface area contributed by atoms with E-state index in [4.69, 9.17) is 10.5 Å². The molecule has 1 saturated heterocycles. The second-order valence-electron chi connectivity index (χ2n) is 8.59. The molecule has 0 aliphatic carbocycles. The van der Waals surface area contributed by atoms with Crippen molar-refractivity contribution in [1.29, 1.82) is 0 Å². The SMILES string of the molecule is Cc1c[nH]c2nccc(Oc3ccc(CC(CN)C(=O)NC4CCN(C)CC4)cc3F)c12. The second kappa shape index (κ2) is 9.67. The fourth-order valence-corrected chi connectivity index (χ4v) is 4.18. The number of halogens is 1. The van der Waals surface area contributed by atoms with E-state index in [2.05, 4.69) is 27.2 Å². The molecule has 2 aromatic heterocycles. The topological polar surface area (TPSA) is 96.3 Å². The summed E-state index contributed by atoms with van der Waals surface area (Å²) in [5.74, 6) is -0.278. The van der Waals surface area contributed by atoms with Crippen LogP contribution < -0.4 is 15.8 Å². The third kappa shape index (κ3) is 4.92. The van der Waals surface area contributed by atoms with Gasteiger partial charge in [0.15, 0.2) is 11.6 Å². The summed E-state index contributed by atoms with van der Waals surface area (Å²) in [7, 11) is 2.08. The molecule has 0 spiro atoms. The van der Waals surface area contributed by atoms with Crippen LogP contribution in [0, 0.1) is 18.7 Å². The summed E-state index contributed by atoms with van der Waals surface area (Å²) >= 11 is 0. The summed E-state index contributed by atoms with van der Waals surface area (Å²) in [4.78, 5) is 22.3. The van der Waals surface area contributed by atoms with Crippen LogP contribution in [-0.2, 0) is 11.2 Å². The number of H-pyrrole nitrogens is 1. The van der Waals surface area contributed by atoms with Gasteiger partial charge in [0.2, 0.25) is 5.91 Å². The number of likely N-dealkylation sites (tertiary alicyclic amines) is 1. The smallest absolute Gasteiger partial charge is 0.224 e. The van der Waals surface area contributed by atoms with Gasteiger partial charge in [-0.2, -0.15) is 0 Å². The van der Waals surface area contributed by atoms with Crippen LogP contribution in [0.4, 0.5) is 4.39 Å². The number of ether oxygens (including phenoxy) is 1. The first-order valence-electron chi connectivity index (χ1n) is 11.0. The van der Waals surface area contributed by atoms with Crippen molar-refractivity contribution in [2.45, 2.75) is 32.2 Å². The summed E-state index contributed by atoms with van der Waals surface area (Å²) < 4.78 is 20.7. The third-order valence-electron chi connectivity index (χ3n) is 6.15. The van der Waals surface area contributed by atoms with Crippen molar-refractivity contribution in [1.82, 2.24) is 20.2 Å². The number of aromatic nitrogens is 2. The van der Waals surface area contributed by atoms with Gasteiger partial charge in [-0.05, 0) is 75.6 Å². The van der Waals surface area contributed by atoms with Gasteiger partial charge in [-0.15, -0.1) is 0 Å². The minimum absolute atomic E-state index is 0.0649. The maximum atomic E-state index is 14.8. The number of nitrogens with two attached hydrogens (primary N) is 1. The van der Waals surface area contributed by atoms with Crippen LogP contribution in [0.2, 0.25) is 0 Å². The van der Waals surface area contributed by atoms with Gasteiger partial charge < -0.3 is 25.7 Å². The van der Waals surface area contributed by atoms with Crippen molar-refractivity contribution in [2.75, 3.05) is 26.7 Å². The average molecular weight is 440 g/mol. The Bertz CT molecular complexity index is 1090. The zero-order valence-electron chi connectivity index (χ0n) is 18.5. The predicted molar refractivity (Wildman–Crippen MR) is 122 cm³/mol. The first kappa shape index (κ1) is 22.2. The lowest BCUT2D eigenvalue weighted by molar-refractivity contribution is -0.125. The number of carbonyl (C=O) groups is 1. The molecule has 8 heteroatoms. The zero-order chi connectivity index (χ0) is 22.7. The maximum absolute atomic E-state index is 14.8. The van der Waals surface area contributed by atoms with E-state index in [0.717, 1.165) is 36.9 Å². The van der Waals surface area contributed by atoms with Crippen LogP contribution in [-0.4, -0.2) is 53.5 Å². The number of amides is 1. The van der Waals surface area contributed by atoms with E-state index < -0.39 is 11.7 Å². The van der Waals surface area contributed by atoms with Crippen molar-refractivity contribution in [3.05, 3.63) is 53.6 Å². The molecular formula is C24H30FN5O2. The quantitative estimate of drug-likeness (QED) is 0.526. The summed E-state index contributed by atoms with van der Waals surface area (Å²) in [6.45, 7) is 4.09. The van der Waals surface area contributed by atoms with E-state index in [0.29, 0.717) is 23.4 Å². The van der Waals surface area contributed by atoms with Gasteiger partial charge in [-0.3, -0.25) is 4.79 Å². The fraction of sp³-hybridized carbons (Fsp3) is 0.417. The Hall–Kier alpha value is -2.97. The number of carbonyl (C=O) groups excluding carboxylic acids is 1. The first-order valence-corrected chi connectivity index (χ1v) is 11.0. The molecule has 1 aromatic carbocycles. The highest BCUT2D eigenvalue weighted by molar-refractivity contribution is 5.86. The minimum Gasteiger partial charge on any atom is -0.453 e. The van der Waals surface area contributed by atoms with Gasteiger partial charge in [0.1, 0.15) is 11.4 Å². The van der Waals surface area contributed by atoms with Gasteiger partial charge in [0, 0.05) is 25.0 Å². The van der Waals surface area contributed by atoms with Crippen molar-refractivity contribution in [2.24, 2.45) is 11.7 Å². The average Bonchev–Trinajstić information content (AvgIpc) is 3.17. The number of nitrogens with zero attached hydrogens (tertiary/aromatic N) is 2. The Morgan fingerprint density at radius 2 is 2.12 bits per heavy atom.